The zero-order valence-corrected chi connectivity index (χ0v) is 7.18. The van der Waals surface area contributed by atoms with Gasteiger partial charge in [0.05, 0.1) is 12.1 Å². The molecule has 0 unspecified atom stereocenters. The number of carboxylic acids is 1. The van der Waals surface area contributed by atoms with Crippen LogP contribution in [0.1, 0.15) is 11.3 Å². The maximum atomic E-state index is 12.8. The first-order valence-electron chi connectivity index (χ1n) is 3.75. The molecular formula is C8H5F4NO2. The molecule has 1 heterocycles. The fraction of sp³-hybridized carbons (Fsp3) is 0.250. The molecule has 1 rings (SSSR count). The minimum absolute atomic E-state index is 0.256. The van der Waals surface area contributed by atoms with Crippen LogP contribution in [0.25, 0.3) is 0 Å². The molecule has 0 spiro atoms. The van der Waals surface area contributed by atoms with Gasteiger partial charge < -0.3 is 5.11 Å². The van der Waals surface area contributed by atoms with E-state index in [1.807, 2.05) is 0 Å². The summed E-state index contributed by atoms with van der Waals surface area (Å²) < 4.78 is 48.9. The Bertz CT molecular complexity index is 389. The van der Waals surface area contributed by atoms with Crippen molar-refractivity contribution in [3.05, 3.63) is 29.3 Å². The molecule has 0 radical (unpaired) electrons. The first-order chi connectivity index (χ1) is 6.80. The van der Waals surface area contributed by atoms with Crippen molar-refractivity contribution in [3.8, 4) is 0 Å². The Morgan fingerprint density at radius 3 is 2.40 bits per heavy atom. The molecule has 0 atom stereocenters. The summed E-state index contributed by atoms with van der Waals surface area (Å²) in [4.78, 5) is 13.1. The number of aliphatic carboxylic acids is 1. The number of pyridine rings is 1. The Morgan fingerprint density at radius 2 is 2.00 bits per heavy atom. The Hall–Kier alpha value is -1.66. The highest BCUT2D eigenvalue weighted by atomic mass is 19.4. The van der Waals surface area contributed by atoms with E-state index in [1.54, 1.807) is 0 Å². The number of aromatic nitrogens is 1. The largest absolute Gasteiger partial charge is 0.481 e. The van der Waals surface area contributed by atoms with Crippen LogP contribution in [0.3, 0.4) is 0 Å². The minimum Gasteiger partial charge on any atom is -0.481 e. The normalized spacial score (nSPS) is 11.5. The summed E-state index contributed by atoms with van der Waals surface area (Å²) in [7, 11) is 0. The van der Waals surface area contributed by atoms with E-state index in [0.717, 1.165) is 6.07 Å². The maximum absolute atomic E-state index is 12.8. The lowest BCUT2D eigenvalue weighted by atomic mass is 10.2. The number of carbonyl (C=O) groups is 1. The zero-order valence-electron chi connectivity index (χ0n) is 7.18. The first-order valence-corrected chi connectivity index (χ1v) is 3.75. The summed E-state index contributed by atoms with van der Waals surface area (Å²) in [5, 5.41) is 8.30. The van der Waals surface area contributed by atoms with Crippen molar-refractivity contribution in [2.45, 2.75) is 12.6 Å². The van der Waals surface area contributed by atoms with Crippen molar-refractivity contribution < 1.29 is 27.5 Å². The summed E-state index contributed by atoms with van der Waals surface area (Å²) in [6, 6.07) is 1.31. The predicted octanol–water partition coefficient (Wildman–Crippen LogP) is 1.87. The average Bonchev–Trinajstić information content (AvgIpc) is 1.99. The van der Waals surface area contributed by atoms with Gasteiger partial charge in [-0.2, -0.15) is 17.6 Å². The Labute approximate surface area is 81.4 Å². The smallest absolute Gasteiger partial charge is 0.420 e. The van der Waals surface area contributed by atoms with E-state index in [9.17, 15) is 22.4 Å². The van der Waals surface area contributed by atoms with E-state index in [0.29, 0.717) is 6.07 Å². The lowest BCUT2D eigenvalue weighted by Gasteiger charge is -2.07. The van der Waals surface area contributed by atoms with Gasteiger partial charge in [0.15, 0.2) is 0 Å². The highest BCUT2D eigenvalue weighted by Gasteiger charge is 2.34. The van der Waals surface area contributed by atoms with Gasteiger partial charge in [0.1, 0.15) is 5.56 Å². The van der Waals surface area contributed by atoms with Crippen LogP contribution in [0.2, 0.25) is 0 Å². The SMILES string of the molecule is O=C(O)Cc1ccc(C(F)(F)F)c(F)n1. The maximum Gasteiger partial charge on any atom is 0.420 e. The Balaban J connectivity index is 3.04. The average molecular weight is 223 g/mol. The molecule has 1 aromatic rings. The first kappa shape index (κ1) is 11.4. The molecule has 0 fully saturated rings. The molecule has 3 nitrogen and oxygen atoms in total. The summed E-state index contributed by atoms with van der Waals surface area (Å²) in [5.41, 5.74) is -1.76. The third-order valence-electron chi connectivity index (χ3n) is 1.54. The van der Waals surface area contributed by atoms with Crippen LogP contribution in [0.4, 0.5) is 17.6 Å². The van der Waals surface area contributed by atoms with Gasteiger partial charge in [0.25, 0.3) is 0 Å². The lowest BCUT2D eigenvalue weighted by molar-refractivity contribution is -0.140. The topological polar surface area (TPSA) is 50.2 Å². The minimum atomic E-state index is -4.82. The van der Waals surface area contributed by atoms with Gasteiger partial charge in [-0.05, 0) is 12.1 Å². The number of carboxylic acid groups (broad SMARTS) is 1. The quantitative estimate of drug-likeness (QED) is 0.615. The third kappa shape index (κ3) is 2.90. The molecule has 0 aromatic carbocycles. The van der Waals surface area contributed by atoms with Gasteiger partial charge in [-0.25, -0.2) is 4.98 Å². The highest BCUT2D eigenvalue weighted by Crippen LogP contribution is 2.30. The Kier molecular flexibility index (Phi) is 2.92. The van der Waals surface area contributed by atoms with Crippen LogP contribution < -0.4 is 0 Å². The molecule has 1 N–H and O–H groups in total. The highest BCUT2D eigenvalue weighted by molar-refractivity contribution is 5.69. The molecule has 7 heteroatoms. The summed E-state index contributed by atoms with van der Waals surface area (Å²) in [6.45, 7) is 0. The third-order valence-corrected chi connectivity index (χ3v) is 1.54. The van der Waals surface area contributed by atoms with Crippen LogP contribution in [-0.4, -0.2) is 16.1 Å². The van der Waals surface area contributed by atoms with Gasteiger partial charge in [-0.3, -0.25) is 4.79 Å². The van der Waals surface area contributed by atoms with E-state index in [4.69, 9.17) is 5.11 Å². The summed E-state index contributed by atoms with van der Waals surface area (Å²) in [6.07, 6.45) is -5.44. The number of alkyl halides is 3. The molecule has 0 bridgehead atoms. The summed E-state index contributed by atoms with van der Waals surface area (Å²) >= 11 is 0. The molecule has 82 valence electrons. The summed E-state index contributed by atoms with van der Waals surface area (Å²) in [5.74, 6) is -3.00. The van der Waals surface area contributed by atoms with E-state index >= 15 is 0 Å². The fourth-order valence-electron chi connectivity index (χ4n) is 0.937. The predicted molar refractivity (Wildman–Crippen MR) is 40.5 cm³/mol. The van der Waals surface area contributed by atoms with E-state index in [2.05, 4.69) is 4.98 Å². The Morgan fingerprint density at radius 1 is 1.40 bits per heavy atom. The van der Waals surface area contributed by atoms with Crippen LogP contribution in [0, 0.1) is 5.95 Å². The molecule has 0 aliphatic carbocycles. The van der Waals surface area contributed by atoms with Crippen LogP contribution in [0.15, 0.2) is 12.1 Å². The van der Waals surface area contributed by atoms with E-state index in [-0.39, 0.29) is 5.69 Å². The van der Waals surface area contributed by atoms with Crippen LogP contribution >= 0.6 is 0 Å². The van der Waals surface area contributed by atoms with Crippen molar-refractivity contribution in [2.24, 2.45) is 0 Å². The number of rotatable bonds is 2. The van der Waals surface area contributed by atoms with Crippen molar-refractivity contribution in [3.63, 3.8) is 0 Å². The molecule has 0 saturated heterocycles. The molecule has 0 saturated carbocycles. The number of nitrogens with zero attached hydrogens (tertiary/aromatic N) is 1. The molecule has 0 aliphatic rings. The van der Waals surface area contributed by atoms with Crippen molar-refractivity contribution in [2.75, 3.05) is 0 Å². The van der Waals surface area contributed by atoms with E-state index in [1.165, 1.54) is 0 Å². The number of hydrogen-bond donors (Lipinski definition) is 1. The second kappa shape index (κ2) is 3.84. The monoisotopic (exact) mass is 223 g/mol. The van der Waals surface area contributed by atoms with Crippen molar-refractivity contribution in [1.29, 1.82) is 0 Å². The fourth-order valence-corrected chi connectivity index (χ4v) is 0.937. The number of halogens is 4. The van der Waals surface area contributed by atoms with Gasteiger partial charge in [-0.1, -0.05) is 0 Å². The van der Waals surface area contributed by atoms with E-state index < -0.39 is 30.1 Å². The van der Waals surface area contributed by atoms with Crippen molar-refractivity contribution in [1.82, 2.24) is 4.98 Å². The second-order valence-corrected chi connectivity index (χ2v) is 2.71. The zero-order chi connectivity index (χ0) is 11.6. The molecule has 15 heavy (non-hydrogen) atoms. The standard InChI is InChI=1S/C8H5F4NO2/c9-7-5(8(10,11)12)2-1-4(13-7)3-6(14)15/h1-2H,3H2,(H,14,15). The van der Waals surface area contributed by atoms with Gasteiger partial charge in [0, 0.05) is 0 Å². The molecular weight excluding hydrogens is 218 g/mol. The van der Waals surface area contributed by atoms with Gasteiger partial charge >= 0.3 is 12.1 Å². The van der Waals surface area contributed by atoms with Gasteiger partial charge in [-0.15, -0.1) is 0 Å². The molecule has 0 amide bonds. The van der Waals surface area contributed by atoms with Crippen LogP contribution in [0.5, 0.6) is 0 Å². The van der Waals surface area contributed by atoms with Crippen LogP contribution in [-0.2, 0) is 17.4 Å². The second-order valence-electron chi connectivity index (χ2n) is 2.71. The molecule has 0 aliphatic heterocycles. The van der Waals surface area contributed by atoms with Gasteiger partial charge in [0.2, 0.25) is 5.95 Å². The lowest BCUT2D eigenvalue weighted by Crippen LogP contribution is -2.11. The number of hydrogen-bond acceptors (Lipinski definition) is 2. The van der Waals surface area contributed by atoms with Crippen molar-refractivity contribution >= 4 is 5.97 Å². The molecule has 1 aromatic heterocycles.